The molecule has 5 heteroatoms. The molecule has 2 rings (SSSR count). The first-order valence-electron chi connectivity index (χ1n) is 7.42. The molecule has 0 aromatic rings. The summed E-state index contributed by atoms with van der Waals surface area (Å²) in [6.45, 7) is 0.683. The van der Waals surface area contributed by atoms with Gasteiger partial charge in [-0.15, -0.1) is 0 Å². The van der Waals surface area contributed by atoms with Gasteiger partial charge in [0.25, 0.3) is 0 Å². The Hall–Kier alpha value is -1.10. The second-order valence-electron chi connectivity index (χ2n) is 5.97. The highest BCUT2D eigenvalue weighted by Gasteiger charge is 2.32. The minimum Gasteiger partial charge on any atom is -0.368 e. The van der Waals surface area contributed by atoms with Crippen LogP contribution in [0, 0.1) is 5.92 Å². The van der Waals surface area contributed by atoms with Crippen molar-refractivity contribution in [3.05, 3.63) is 0 Å². The molecule has 4 N–H and O–H groups in total. The van der Waals surface area contributed by atoms with Gasteiger partial charge in [0.1, 0.15) is 6.04 Å². The van der Waals surface area contributed by atoms with E-state index in [2.05, 4.69) is 0 Å². The lowest BCUT2D eigenvalue weighted by Crippen LogP contribution is -2.43. The number of carbonyl (C=O) groups excluding carboxylic acids is 2. The SMILES string of the molecule is NC(=O)C1CCCN1C(=O)CCC1CCC(N)CC1. The van der Waals surface area contributed by atoms with E-state index >= 15 is 0 Å². The average molecular weight is 267 g/mol. The summed E-state index contributed by atoms with van der Waals surface area (Å²) in [4.78, 5) is 25.1. The molecule has 1 saturated carbocycles. The topological polar surface area (TPSA) is 89.4 Å². The zero-order chi connectivity index (χ0) is 13.8. The molecule has 2 amide bonds. The fourth-order valence-electron chi connectivity index (χ4n) is 3.31. The molecule has 1 saturated heterocycles. The monoisotopic (exact) mass is 267 g/mol. The van der Waals surface area contributed by atoms with Crippen LogP contribution in [0.2, 0.25) is 0 Å². The van der Waals surface area contributed by atoms with Gasteiger partial charge < -0.3 is 16.4 Å². The summed E-state index contributed by atoms with van der Waals surface area (Å²) in [5.41, 5.74) is 11.2. The van der Waals surface area contributed by atoms with Crippen LogP contribution in [0.5, 0.6) is 0 Å². The predicted octanol–water partition coefficient (Wildman–Crippen LogP) is 0.760. The maximum Gasteiger partial charge on any atom is 0.240 e. The summed E-state index contributed by atoms with van der Waals surface area (Å²) in [6.07, 6.45) is 7.49. The molecular weight excluding hydrogens is 242 g/mol. The molecule has 2 aliphatic rings. The third-order valence-electron chi connectivity index (χ3n) is 4.56. The van der Waals surface area contributed by atoms with Crippen molar-refractivity contribution in [3.8, 4) is 0 Å². The molecule has 1 heterocycles. The van der Waals surface area contributed by atoms with E-state index in [9.17, 15) is 9.59 Å². The van der Waals surface area contributed by atoms with E-state index in [-0.39, 0.29) is 17.9 Å². The number of carbonyl (C=O) groups is 2. The van der Waals surface area contributed by atoms with Crippen molar-refractivity contribution < 1.29 is 9.59 Å². The van der Waals surface area contributed by atoms with Gasteiger partial charge in [-0.3, -0.25) is 9.59 Å². The van der Waals surface area contributed by atoms with Crippen LogP contribution in [0.1, 0.15) is 51.4 Å². The quantitative estimate of drug-likeness (QED) is 0.788. The van der Waals surface area contributed by atoms with Crippen molar-refractivity contribution in [1.29, 1.82) is 0 Å². The molecule has 1 aliphatic heterocycles. The molecule has 5 nitrogen and oxygen atoms in total. The largest absolute Gasteiger partial charge is 0.368 e. The van der Waals surface area contributed by atoms with Gasteiger partial charge in [-0.05, 0) is 50.9 Å². The van der Waals surface area contributed by atoms with Gasteiger partial charge in [0.2, 0.25) is 11.8 Å². The van der Waals surface area contributed by atoms with E-state index in [0.29, 0.717) is 24.9 Å². The van der Waals surface area contributed by atoms with Gasteiger partial charge in [-0.25, -0.2) is 0 Å². The molecule has 1 atom stereocenters. The van der Waals surface area contributed by atoms with E-state index in [1.165, 1.54) is 0 Å². The number of amides is 2. The Bertz CT molecular complexity index is 338. The third-order valence-corrected chi connectivity index (χ3v) is 4.56. The van der Waals surface area contributed by atoms with Crippen molar-refractivity contribution in [3.63, 3.8) is 0 Å². The Morgan fingerprint density at radius 1 is 1.11 bits per heavy atom. The lowest BCUT2D eigenvalue weighted by atomic mass is 9.83. The molecule has 1 aliphatic carbocycles. The predicted molar refractivity (Wildman–Crippen MR) is 73.1 cm³/mol. The second kappa shape index (κ2) is 6.37. The van der Waals surface area contributed by atoms with E-state index < -0.39 is 0 Å². The first kappa shape index (κ1) is 14.3. The zero-order valence-corrected chi connectivity index (χ0v) is 11.5. The molecule has 1 unspecified atom stereocenters. The second-order valence-corrected chi connectivity index (χ2v) is 5.97. The molecular formula is C14H25N3O2. The minimum absolute atomic E-state index is 0.0937. The van der Waals surface area contributed by atoms with E-state index in [1.54, 1.807) is 4.90 Å². The van der Waals surface area contributed by atoms with E-state index in [1.807, 2.05) is 0 Å². The van der Waals surface area contributed by atoms with Gasteiger partial charge in [0, 0.05) is 19.0 Å². The van der Waals surface area contributed by atoms with E-state index in [4.69, 9.17) is 11.5 Å². The van der Waals surface area contributed by atoms with Gasteiger partial charge in [-0.2, -0.15) is 0 Å². The molecule has 0 radical (unpaired) electrons. The number of hydrogen-bond donors (Lipinski definition) is 2. The smallest absolute Gasteiger partial charge is 0.240 e. The van der Waals surface area contributed by atoms with Crippen LogP contribution in [0.15, 0.2) is 0 Å². The fourth-order valence-corrected chi connectivity index (χ4v) is 3.31. The number of rotatable bonds is 4. The Morgan fingerprint density at radius 3 is 2.42 bits per heavy atom. The number of likely N-dealkylation sites (tertiary alicyclic amines) is 1. The Labute approximate surface area is 114 Å². The number of nitrogens with two attached hydrogens (primary N) is 2. The Balaban J connectivity index is 1.76. The van der Waals surface area contributed by atoms with Crippen molar-refractivity contribution in [2.45, 2.75) is 63.5 Å². The van der Waals surface area contributed by atoms with Crippen LogP contribution in [0.3, 0.4) is 0 Å². The summed E-state index contributed by atoms with van der Waals surface area (Å²) in [5, 5.41) is 0. The number of nitrogens with zero attached hydrogens (tertiary/aromatic N) is 1. The molecule has 0 aromatic carbocycles. The minimum atomic E-state index is -0.368. The van der Waals surface area contributed by atoms with Gasteiger partial charge >= 0.3 is 0 Å². The molecule has 2 fully saturated rings. The standard InChI is InChI=1S/C14H25N3O2/c15-11-6-3-10(4-7-11)5-8-13(18)17-9-1-2-12(17)14(16)19/h10-12H,1-9,15H2,(H2,16,19). The lowest BCUT2D eigenvalue weighted by Gasteiger charge is -2.27. The van der Waals surface area contributed by atoms with Crippen molar-refractivity contribution >= 4 is 11.8 Å². The van der Waals surface area contributed by atoms with E-state index in [0.717, 1.165) is 44.9 Å². The zero-order valence-electron chi connectivity index (χ0n) is 11.5. The van der Waals surface area contributed by atoms with Gasteiger partial charge in [0.05, 0.1) is 0 Å². The number of primary amides is 1. The van der Waals surface area contributed by atoms with Crippen LogP contribution >= 0.6 is 0 Å². The summed E-state index contributed by atoms with van der Waals surface area (Å²) in [5.74, 6) is 0.351. The number of hydrogen-bond acceptors (Lipinski definition) is 3. The maximum absolute atomic E-state index is 12.2. The molecule has 0 spiro atoms. The van der Waals surface area contributed by atoms with Crippen molar-refractivity contribution in [1.82, 2.24) is 4.90 Å². The molecule has 108 valence electrons. The summed E-state index contributed by atoms with van der Waals surface area (Å²) < 4.78 is 0. The highest BCUT2D eigenvalue weighted by atomic mass is 16.2. The first-order chi connectivity index (χ1) is 9.08. The van der Waals surface area contributed by atoms with Gasteiger partial charge in [-0.1, -0.05) is 0 Å². The van der Waals surface area contributed by atoms with Crippen LogP contribution in [-0.2, 0) is 9.59 Å². The van der Waals surface area contributed by atoms with Crippen molar-refractivity contribution in [2.24, 2.45) is 17.4 Å². The Morgan fingerprint density at radius 2 is 1.79 bits per heavy atom. The summed E-state index contributed by atoms with van der Waals surface area (Å²) in [7, 11) is 0. The summed E-state index contributed by atoms with van der Waals surface area (Å²) in [6, 6.07) is -0.0166. The maximum atomic E-state index is 12.2. The first-order valence-corrected chi connectivity index (χ1v) is 7.42. The average Bonchev–Trinajstić information content (AvgIpc) is 2.87. The van der Waals surface area contributed by atoms with Crippen molar-refractivity contribution in [2.75, 3.05) is 6.54 Å². The van der Waals surface area contributed by atoms with Crippen LogP contribution in [0.25, 0.3) is 0 Å². The van der Waals surface area contributed by atoms with Crippen LogP contribution in [0.4, 0.5) is 0 Å². The Kier molecular flexibility index (Phi) is 4.80. The normalized spacial score (nSPS) is 31.4. The molecule has 0 bridgehead atoms. The summed E-state index contributed by atoms with van der Waals surface area (Å²) >= 11 is 0. The van der Waals surface area contributed by atoms with Gasteiger partial charge in [0.15, 0.2) is 0 Å². The molecule has 0 aromatic heterocycles. The highest BCUT2D eigenvalue weighted by Crippen LogP contribution is 2.28. The van der Waals surface area contributed by atoms with Crippen LogP contribution < -0.4 is 11.5 Å². The third kappa shape index (κ3) is 3.69. The lowest BCUT2D eigenvalue weighted by molar-refractivity contribution is -0.137. The fraction of sp³-hybridized carbons (Fsp3) is 0.857. The highest BCUT2D eigenvalue weighted by molar-refractivity contribution is 5.87. The van der Waals surface area contributed by atoms with Crippen LogP contribution in [-0.4, -0.2) is 35.3 Å². The molecule has 19 heavy (non-hydrogen) atoms.